The molecule has 6 heterocycles. The van der Waals surface area contributed by atoms with Crippen LogP contribution in [0.3, 0.4) is 0 Å². The Morgan fingerprint density at radius 3 is 2.67 bits per heavy atom. The van der Waals surface area contributed by atoms with Crippen LogP contribution in [-0.2, 0) is 4.74 Å². The molecule has 36 heavy (non-hydrogen) atoms. The van der Waals surface area contributed by atoms with Crippen molar-refractivity contribution in [2.45, 2.75) is 26.2 Å². The van der Waals surface area contributed by atoms with Gasteiger partial charge in [-0.3, -0.25) is 9.78 Å². The molecule has 0 aromatic carbocycles. The second-order valence-corrected chi connectivity index (χ2v) is 9.01. The van der Waals surface area contributed by atoms with Crippen molar-refractivity contribution in [2.24, 2.45) is 0 Å². The molecule has 1 amide bonds. The number of anilines is 3. The number of aryl methyl sites for hydroxylation is 1. The predicted octanol–water partition coefficient (Wildman–Crippen LogP) is 3.66. The van der Waals surface area contributed by atoms with Gasteiger partial charge in [0, 0.05) is 50.2 Å². The van der Waals surface area contributed by atoms with Crippen LogP contribution in [0.2, 0.25) is 0 Å². The molecular weight excluding hydrogens is 462 g/mol. The third kappa shape index (κ3) is 4.37. The van der Waals surface area contributed by atoms with E-state index < -0.39 is 0 Å². The fourth-order valence-corrected chi connectivity index (χ4v) is 4.57. The molecule has 0 aliphatic carbocycles. The van der Waals surface area contributed by atoms with E-state index in [1.54, 1.807) is 18.5 Å². The minimum atomic E-state index is -0.385. The van der Waals surface area contributed by atoms with Crippen LogP contribution < -0.4 is 15.1 Å². The zero-order valence-corrected chi connectivity index (χ0v) is 20.1. The summed E-state index contributed by atoms with van der Waals surface area (Å²) < 4.78 is 17.1. The summed E-state index contributed by atoms with van der Waals surface area (Å²) >= 11 is 0. The van der Waals surface area contributed by atoms with Crippen molar-refractivity contribution in [1.82, 2.24) is 19.9 Å². The number of piperidine rings is 1. The van der Waals surface area contributed by atoms with Gasteiger partial charge in [-0.1, -0.05) is 0 Å². The van der Waals surface area contributed by atoms with Crippen molar-refractivity contribution >= 4 is 34.7 Å². The molecule has 1 N–H and O–H groups in total. The lowest BCUT2D eigenvalue weighted by Crippen LogP contribution is -2.36. The number of ether oxygens (including phenoxy) is 1. The molecule has 0 bridgehead atoms. The molecule has 2 aliphatic rings. The molecule has 4 aromatic heterocycles. The molecule has 0 saturated carbocycles. The van der Waals surface area contributed by atoms with E-state index in [0.717, 1.165) is 37.1 Å². The highest BCUT2D eigenvalue weighted by Gasteiger charge is 2.24. The van der Waals surface area contributed by atoms with Gasteiger partial charge in [0.1, 0.15) is 6.26 Å². The predicted molar refractivity (Wildman–Crippen MR) is 133 cm³/mol. The molecule has 11 nitrogen and oxygen atoms in total. The first-order valence-electron chi connectivity index (χ1n) is 12.2. The summed E-state index contributed by atoms with van der Waals surface area (Å²) in [4.78, 5) is 35.4. The topological polar surface area (TPSA) is 123 Å². The van der Waals surface area contributed by atoms with E-state index >= 15 is 0 Å². The summed E-state index contributed by atoms with van der Waals surface area (Å²) in [6, 6.07) is 4.13. The number of rotatable bonds is 5. The number of carbonyl (C=O) groups excluding carboxylic acids is 1. The molecule has 2 fully saturated rings. The summed E-state index contributed by atoms with van der Waals surface area (Å²) in [7, 11) is 0. The Morgan fingerprint density at radius 1 is 1.03 bits per heavy atom. The third-order valence-electron chi connectivity index (χ3n) is 6.52. The van der Waals surface area contributed by atoms with E-state index in [4.69, 9.17) is 18.6 Å². The summed E-state index contributed by atoms with van der Waals surface area (Å²) in [5.41, 5.74) is 3.47. The first kappa shape index (κ1) is 22.5. The first-order valence-corrected chi connectivity index (χ1v) is 12.2. The highest BCUT2D eigenvalue weighted by atomic mass is 16.5. The number of aromatic nitrogens is 4. The van der Waals surface area contributed by atoms with E-state index in [1.165, 1.54) is 12.7 Å². The number of nitrogens with one attached hydrogen (secondary N) is 1. The van der Waals surface area contributed by atoms with Crippen LogP contribution >= 0.6 is 0 Å². The van der Waals surface area contributed by atoms with E-state index in [2.05, 4.69) is 25.2 Å². The Balaban J connectivity index is 1.32. The summed E-state index contributed by atoms with van der Waals surface area (Å²) in [6.45, 7) is 6.33. The Morgan fingerprint density at radius 2 is 1.86 bits per heavy atom. The number of fused-ring (bicyclic) bond motifs is 1. The average molecular weight is 490 g/mol. The van der Waals surface area contributed by atoms with E-state index in [9.17, 15) is 4.79 Å². The number of hydrogen-bond acceptors (Lipinski definition) is 10. The average Bonchev–Trinajstić information content (AvgIpc) is 3.57. The second-order valence-electron chi connectivity index (χ2n) is 9.01. The first-order chi connectivity index (χ1) is 17.7. The maximum atomic E-state index is 13.2. The molecule has 11 heteroatoms. The van der Waals surface area contributed by atoms with Crippen LogP contribution in [-0.4, -0.2) is 65.2 Å². The van der Waals surface area contributed by atoms with Gasteiger partial charge in [-0.05, 0) is 37.8 Å². The van der Waals surface area contributed by atoms with Crippen LogP contribution in [0.1, 0.15) is 35.3 Å². The smallest absolute Gasteiger partial charge is 0.300 e. The van der Waals surface area contributed by atoms with Crippen molar-refractivity contribution < 1.29 is 18.4 Å². The number of morpholine rings is 1. The van der Waals surface area contributed by atoms with E-state index in [1.807, 2.05) is 17.9 Å². The molecule has 4 aromatic rings. The Labute approximate surface area is 207 Å². The van der Waals surface area contributed by atoms with Crippen LogP contribution in [0.15, 0.2) is 39.6 Å². The van der Waals surface area contributed by atoms with Gasteiger partial charge in [-0.15, -0.1) is 0 Å². The van der Waals surface area contributed by atoms with Crippen LogP contribution in [0.4, 0.5) is 17.5 Å². The van der Waals surface area contributed by atoms with Gasteiger partial charge in [0.25, 0.3) is 11.9 Å². The van der Waals surface area contributed by atoms with Crippen LogP contribution in [0.25, 0.3) is 22.7 Å². The second kappa shape index (κ2) is 9.57. The highest BCUT2D eigenvalue weighted by Crippen LogP contribution is 2.33. The van der Waals surface area contributed by atoms with Gasteiger partial charge in [-0.25, -0.2) is 9.97 Å². The summed E-state index contributed by atoms with van der Waals surface area (Å²) in [6.07, 6.45) is 8.09. The molecule has 2 saturated heterocycles. The lowest BCUT2D eigenvalue weighted by Gasteiger charge is -2.29. The maximum absolute atomic E-state index is 13.2. The van der Waals surface area contributed by atoms with Crippen molar-refractivity contribution in [3.8, 4) is 11.5 Å². The molecule has 0 atom stereocenters. The number of nitrogens with zero attached hydrogens (tertiary/aromatic N) is 6. The Bertz CT molecular complexity index is 1390. The molecule has 2 aliphatic heterocycles. The van der Waals surface area contributed by atoms with Gasteiger partial charge < -0.3 is 28.7 Å². The molecule has 0 spiro atoms. The molecule has 186 valence electrons. The third-order valence-corrected chi connectivity index (χ3v) is 6.52. The minimum Gasteiger partial charge on any atom is -0.444 e. The number of oxazole rings is 2. The largest absolute Gasteiger partial charge is 0.444 e. The molecule has 0 radical (unpaired) electrons. The van der Waals surface area contributed by atoms with Gasteiger partial charge in [0.05, 0.1) is 18.9 Å². The Kier molecular flexibility index (Phi) is 5.98. The fraction of sp³-hybridized carbons (Fsp3) is 0.400. The normalized spacial score (nSPS) is 16.5. The SMILES string of the molecule is Cc1cnccc1-c1nc(C(=O)Nc2cc3oc(N4CCOCC4)nc3nc2N2CCCCC2)co1. The maximum Gasteiger partial charge on any atom is 0.300 e. The van der Waals surface area contributed by atoms with Crippen molar-refractivity contribution in [2.75, 3.05) is 54.5 Å². The molecule has 0 unspecified atom stereocenters. The monoisotopic (exact) mass is 489 g/mol. The van der Waals surface area contributed by atoms with Gasteiger partial charge >= 0.3 is 0 Å². The van der Waals surface area contributed by atoms with Crippen molar-refractivity contribution in [3.05, 3.63) is 42.0 Å². The standard InChI is InChI=1S/C25H27N7O4/c1-16-14-26-6-5-17(16)24-28-19(15-35-24)23(33)27-18-13-20-21(29-22(18)31-7-3-2-4-8-31)30-25(36-20)32-9-11-34-12-10-32/h5-6,13-15H,2-4,7-12H2,1H3,(H,27,33). The number of carbonyl (C=O) groups is 1. The zero-order chi connectivity index (χ0) is 24.5. The lowest BCUT2D eigenvalue weighted by atomic mass is 10.1. The number of hydrogen-bond donors (Lipinski definition) is 1. The Hall–Kier alpha value is -3.99. The van der Waals surface area contributed by atoms with Gasteiger partial charge in [-0.2, -0.15) is 4.98 Å². The highest BCUT2D eigenvalue weighted by molar-refractivity contribution is 6.05. The van der Waals surface area contributed by atoms with Crippen LogP contribution in [0, 0.1) is 6.92 Å². The molecule has 6 rings (SSSR count). The lowest BCUT2D eigenvalue weighted by molar-refractivity contribution is 0.102. The van der Waals surface area contributed by atoms with Gasteiger partial charge in [0.2, 0.25) is 11.5 Å². The number of amides is 1. The zero-order valence-electron chi connectivity index (χ0n) is 20.1. The van der Waals surface area contributed by atoms with E-state index in [-0.39, 0.29) is 11.6 Å². The summed E-state index contributed by atoms with van der Waals surface area (Å²) in [5, 5.41) is 2.99. The molecular formula is C25H27N7O4. The number of pyridine rings is 2. The van der Waals surface area contributed by atoms with Crippen molar-refractivity contribution in [1.29, 1.82) is 0 Å². The minimum absolute atomic E-state index is 0.178. The fourth-order valence-electron chi connectivity index (χ4n) is 4.57. The van der Waals surface area contributed by atoms with Crippen LogP contribution in [0.5, 0.6) is 0 Å². The van der Waals surface area contributed by atoms with E-state index in [0.29, 0.717) is 60.9 Å². The summed E-state index contributed by atoms with van der Waals surface area (Å²) in [5.74, 6) is 0.672. The quantitative estimate of drug-likeness (QED) is 0.444. The van der Waals surface area contributed by atoms with Crippen molar-refractivity contribution in [3.63, 3.8) is 0 Å². The van der Waals surface area contributed by atoms with Gasteiger partial charge in [0.15, 0.2) is 17.1 Å².